The number of nitrogens with one attached hydrogen (secondary N) is 1. The fourth-order valence-electron chi connectivity index (χ4n) is 1.46. The minimum Gasteiger partial charge on any atom is -0.396 e. The number of thiophene rings is 1. The molecule has 0 saturated carbocycles. The van der Waals surface area contributed by atoms with Crippen molar-refractivity contribution in [1.82, 2.24) is 4.90 Å². The maximum atomic E-state index is 11.1. The summed E-state index contributed by atoms with van der Waals surface area (Å²) < 4.78 is 0. The van der Waals surface area contributed by atoms with Gasteiger partial charge in [-0.15, -0.1) is 11.3 Å². The van der Waals surface area contributed by atoms with Crippen molar-refractivity contribution in [3.05, 3.63) is 10.4 Å². The lowest BCUT2D eigenvalue weighted by atomic mass is 10.2. The fraction of sp³-hybridized carbons (Fsp3) is 0.455. The summed E-state index contributed by atoms with van der Waals surface area (Å²) in [5.41, 5.74) is 11.4. The summed E-state index contributed by atoms with van der Waals surface area (Å²) >= 11 is 1.13. The number of nitrogen functional groups attached to an aromatic ring is 1. The van der Waals surface area contributed by atoms with E-state index in [2.05, 4.69) is 10.2 Å². The van der Waals surface area contributed by atoms with E-state index in [-0.39, 0.29) is 10.6 Å². The molecular formula is C11H17N5OS. The van der Waals surface area contributed by atoms with Gasteiger partial charge in [0, 0.05) is 6.54 Å². The average Bonchev–Trinajstić information content (AvgIpc) is 2.61. The molecule has 0 bridgehead atoms. The van der Waals surface area contributed by atoms with Gasteiger partial charge in [0.25, 0.3) is 5.91 Å². The van der Waals surface area contributed by atoms with E-state index in [0.717, 1.165) is 24.3 Å². The van der Waals surface area contributed by atoms with Gasteiger partial charge in [-0.25, -0.2) is 0 Å². The largest absolute Gasteiger partial charge is 0.396 e. The summed E-state index contributed by atoms with van der Waals surface area (Å²) in [4.78, 5) is 13.4. The number of amides is 1. The Labute approximate surface area is 110 Å². The Bertz CT molecular complexity index is 475. The second kappa shape index (κ2) is 6.23. The molecule has 0 fully saturated rings. The van der Waals surface area contributed by atoms with Crippen molar-refractivity contribution in [2.24, 2.45) is 5.73 Å². The van der Waals surface area contributed by atoms with Crippen LogP contribution in [0.2, 0.25) is 0 Å². The molecule has 0 aliphatic carbocycles. The van der Waals surface area contributed by atoms with Gasteiger partial charge >= 0.3 is 0 Å². The Morgan fingerprint density at radius 3 is 2.72 bits per heavy atom. The van der Waals surface area contributed by atoms with E-state index in [1.165, 1.54) is 0 Å². The molecule has 6 nitrogen and oxygen atoms in total. The molecule has 0 aliphatic rings. The van der Waals surface area contributed by atoms with Crippen LogP contribution in [0.1, 0.15) is 21.7 Å². The first-order valence-electron chi connectivity index (χ1n) is 5.48. The Morgan fingerprint density at radius 2 is 2.22 bits per heavy atom. The molecule has 1 heterocycles. The van der Waals surface area contributed by atoms with Crippen LogP contribution in [0.15, 0.2) is 0 Å². The quantitative estimate of drug-likeness (QED) is 0.656. The van der Waals surface area contributed by atoms with Crippen LogP contribution in [0.25, 0.3) is 0 Å². The summed E-state index contributed by atoms with van der Waals surface area (Å²) in [7, 11) is 3.99. The van der Waals surface area contributed by atoms with Crippen LogP contribution in [0.4, 0.5) is 10.7 Å². The molecule has 0 atom stereocenters. The Kier molecular flexibility index (Phi) is 4.95. The highest BCUT2D eigenvalue weighted by atomic mass is 32.1. The van der Waals surface area contributed by atoms with Gasteiger partial charge < -0.3 is 21.7 Å². The Balaban J connectivity index is 2.74. The van der Waals surface area contributed by atoms with Crippen molar-refractivity contribution >= 4 is 27.9 Å². The van der Waals surface area contributed by atoms with Crippen molar-refractivity contribution in [2.75, 3.05) is 38.2 Å². The molecule has 0 aliphatic heterocycles. The molecule has 7 heteroatoms. The van der Waals surface area contributed by atoms with E-state index in [4.69, 9.17) is 16.7 Å². The SMILES string of the molecule is CN(C)CCCNc1sc(C(N)=O)c(N)c1C#N. The minimum absolute atomic E-state index is 0.171. The van der Waals surface area contributed by atoms with E-state index < -0.39 is 5.91 Å². The van der Waals surface area contributed by atoms with Crippen molar-refractivity contribution in [3.8, 4) is 6.07 Å². The van der Waals surface area contributed by atoms with Gasteiger partial charge in [-0.1, -0.05) is 0 Å². The Hall–Kier alpha value is -1.78. The predicted octanol–water partition coefficient (Wildman–Crippen LogP) is 0.664. The van der Waals surface area contributed by atoms with Crippen LogP contribution in [0.3, 0.4) is 0 Å². The van der Waals surface area contributed by atoms with Gasteiger partial charge in [-0.3, -0.25) is 4.79 Å². The standard InChI is InChI=1S/C11H17N5OS/c1-16(2)5-3-4-15-11-7(6-12)8(13)9(18-11)10(14)17/h15H,3-5,13H2,1-2H3,(H2,14,17). The summed E-state index contributed by atoms with van der Waals surface area (Å²) in [5.74, 6) is -0.602. The van der Waals surface area contributed by atoms with E-state index in [9.17, 15) is 4.79 Å². The van der Waals surface area contributed by atoms with E-state index in [0.29, 0.717) is 17.1 Å². The molecule has 1 rings (SSSR count). The molecule has 0 spiro atoms. The monoisotopic (exact) mass is 267 g/mol. The van der Waals surface area contributed by atoms with Crippen molar-refractivity contribution in [3.63, 3.8) is 0 Å². The maximum Gasteiger partial charge on any atom is 0.261 e. The lowest BCUT2D eigenvalue weighted by molar-refractivity contribution is 0.100. The maximum absolute atomic E-state index is 11.1. The molecule has 98 valence electrons. The lowest BCUT2D eigenvalue weighted by Gasteiger charge is -2.09. The Morgan fingerprint density at radius 1 is 1.56 bits per heavy atom. The third-order valence-electron chi connectivity index (χ3n) is 2.35. The van der Waals surface area contributed by atoms with Crippen LogP contribution in [0.5, 0.6) is 0 Å². The van der Waals surface area contributed by atoms with Crippen LogP contribution in [-0.4, -0.2) is 38.0 Å². The number of carbonyl (C=O) groups excluding carboxylic acids is 1. The molecule has 5 N–H and O–H groups in total. The number of hydrogen-bond acceptors (Lipinski definition) is 6. The molecule has 0 radical (unpaired) electrons. The summed E-state index contributed by atoms with van der Waals surface area (Å²) in [6, 6.07) is 1.99. The number of carbonyl (C=O) groups is 1. The summed E-state index contributed by atoms with van der Waals surface area (Å²) in [6.45, 7) is 1.66. The van der Waals surface area contributed by atoms with Crippen molar-refractivity contribution in [2.45, 2.75) is 6.42 Å². The van der Waals surface area contributed by atoms with Gasteiger partial charge in [0.05, 0.1) is 5.69 Å². The highest BCUT2D eigenvalue weighted by Crippen LogP contribution is 2.34. The topological polar surface area (TPSA) is 108 Å². The second-order valence-corrected chi connectivity index (χ2v) is 5.13. The molecule has 0 unspecified atom stereocenters. The smallest absolute Gasteiger partial charge is 0.261 e. The van der Waals surface area contributed by atoms with Crippen LogP contribution >= 0.6 is 11.3 Å². The second-order valence-electron chi connectivity index (χ2n) is 4.11. The average molecular weight is 267 g/mol. The third-order valence-corrected chi connectivity index (χ3v) is 3.53. The van der Waals surface area contributed by atoms with E-state index >= 15 is 0 Å². The van der Waals surface area contributed by atoms with Gasteiger partial charge in [0.1, 0.15) is 21.5 Å². The molecular weight excluding hydrogens is 250 g/mol. The zero-order valence-electron chi connectivity index (χ0n) is 10.5. The summed E-state index contributed by atoms with van der Waals surface area (Å²) in [6.07, 6.45) is 0.932. The predicted molar refractivity (Wildman–Crippen MR) is 73.6 cm³/mol. The molecule has 1 aromatic heterocycles. The first-order chi connectivity index (χ1) is 8.47. The zero-order chi connectivity index (χ0) is 13.7. The zero-order valence-corrected chi connectivity index (χ0v) is 11.3. The molecule has 18 heavy (non-hydrogen) atoms. The molecule has 1 aromatic rings. The number of anilines is 2. The highest BCUT2D eigenvalue weighted by molar-refractivity contribution is 7.18. The van der Waals surface area contributed by atoms with Crippen LogP contribution in [-0.2, 0) is 0 Å². The van der Waals surface area contributed by atoms with Gasteiger partial charge in [-0.05, 0) is 27.1 Å². The van der Waals surface area contributed by atoms with Crippen LogP contribution in [0, 0.1) is 11.3 Å². The van der Waals surface area contributed by atoms with Gasteiger partial charge in [0.2, 0.25) is 0 Å². The number of rotatable bonds is 6. The van der Waals surface area contributed by atoms with E-state index in [1.54, 1.807) is 0 Å². The number of nitrogens with zero attached hydrogens (tertiary/aromatic N) is 2. The minimum atomic E-state index is -0.602. The fourth-order valence-corrected chi connectivity index (χ4v) is 2.41. The summed E-state index contributed by atoms with van der Waals surface area (Å²) in [5, 5.41) is 12.7. The van der Waals surface area contributed by atoms with Crippen molar-refractivity contribution < 1.29 is 4.79 Å². The van der Waals surface area contributed by atoms with Crippen LogP contribution < -0.4 is 16.8 Å². The molecule has 1 amide bonds. The highest BCUT2D eigenvalue weighted by Gasteiger charge is 2.18. The first-order valence-corrected chi connectivity index (χ1v) is 6.29. The number of primary amides is 1. The first kappa shape index (κ1) is 14.3. The van der Waals surface area contributed by atoms with Crippen molar-refractivity contribution in [1.29, 1.82) is 5.26 Å². The number of nitrogens with two attached hydrogens (primary N) is 2. The van der Waals surface area contributed by atoms with Gasteiger partial charge in [-0.2, -0.15) is 5.26 Å². The normalized spacial score (nSPS) is 10.3. The van der Waals surface area contributed by atoms with Gasteiger partial charge in [0.15, 0.2) is 0 Å². The lowest BCUT2D eigenvalue weighted by Crippen LogP contribution is -2.16. The van der Waals surface area contributed by atoms with E-state index in [1.807, 2.05) is 20.2 Å². The number of nitriles is 1. The molecule has 0 aromatic carbocycles. The third kappa shape index (κ3) is 3.35. The molecule has 0 saturated heterocycles. The number of hydrogen-bond donors (Lipinski definition) is 3.